The molecule has 0 aliphatic rings. The average Bonchev–Trinajstić information content (AvgIpc) is 2.42. The Labute approximate surface area is 108 Å². The summed E-state index contributed by atoms with van der Waals surface area (Å²) in [6, 6.07) is 7.76. The standard InChI is InChI=1S/C14H20N2O2/c1-2-3-4-5-6-12-7-9-13(10-8-12)14(16-18)11-15-17/h7-11,17-18H,2-6H2,1H3/b15-11+,16-14+. The van der Waals surface area contributed by atoms with Crippen LogP contribution in [0.1, 0.15) is 43.7 Å². The lowest BCUT2D eigenvalue weighted by Crippen LogP contribution is -2.02. The van der Waals surface area contributed by atoms with E-state index >= 15 is 0 Å². The molecular formula is C14H20N2O2. The molecule has 0 spiro atoms. The highest BCUT2D eigenvalue weighted by Gasteiger charge is 2.01. The van der Waals surface area contributed by atoms with E-state index in [1.165, 1.54) is 31.2 Å². The van der Waals surface area contributed by atoms with Crippen molar-refractivity contribution in [2.75, 3.05) is 0 Å². The molecule has 0 saturated heterocycles. The Bertz CT molecular complexity index is 397. The molecule has 0 aromatic heterocycles. The molecule has 98 valence electrons. The second-order valence-electron chi connectivity index (χ2n) is 4.24. The number of oxime groups is 2. The number of hydrogen-bond donors (Lipinski definition) is 2. The summed E-state index contributed by atoms with van der Waals surface area (Å²) in [6.45, 7) is 2.20. The van der Waals surface area contributed by atoms with Crippen LogP contribution < -0.4 is 0 Å². The molecular weight excluding hydrogens is 228 g/mol. The van der Waals surface area contributed by atoms with Gasteiger partial charge in [-0.2, -0.15) is 0 Å². The summed E-state index contributed by atoms with van der Waals surface area (Å²) in [5, 5.41) is 23.1. The van der Waals surface area contributed by atoms with E-state index in [0.717, 1.165) is 18.2 Å². The topological polar surface area (TPSA) is 65.2 Å². The van der Waals surface area contributed by atoms with Crippen molar-refractivity contribution < 1.29 is 10.4 Å². The third-order valence-corrected chi connectivity index (χ3v) is 2.86. The normalized spacial score (nSPS) is 12.2. The summed E-state index contributed by atoms with van der Waals surface area (Å²) in [5.41, 5.74) is 2.25. The first-order valence-corrected chi connectivity index (χ1v) is 6.30. The highest BCUT2D eigenvalue weighted by atomic mass is 16.4. The van der Waals surface area contributed by atoms with Crippen LogP contribution in [0.5, 0.6) is 0 Å². The van der Waals surface area contributed by atoms with Crippen LogP contribution in [0.15, 0.2) is 34.6 Å². The van der Waals surface area contributed by atoms with Gasteiger partial charge in [0.15, 0.2) is 0 Å². The van der Waals surface area contributed by atoms with Gasteiger partial charge in [-0.25, -0.2) is 0 Å². The lowest BCUT2D eigenvalue weighted by atomic mass is 10.0. The Kier molecular flexibility index (Phi) is 6.54. The predicted octanol–water partition coefficient (Wildman–Crippen LogP) is 3.45. The first kappa shape index (κ1) is 14.2. The molecule has 18 heavy (non-hydrogen) atoms. The van der Waals surface area contributed by atoms with Crippen LogP contribution in [0, 0.1) is 0 Å². The SMILES string of the molecule is CCCCCCc1ccc(C(/C=N/O)=N/O)cc1. The number of benzene rings is 1. The molecule has 4 nitrogen and oxygen atoms in total. The maximum absolute atomic E-state index is 8.77. The van der Waals surface area contributed by atoms with Crippen LogP contribution in [0.4, 0.5) is 0 Å². The number of unbranched alkanes of at least 4 members (excludes halogenated alkanes) is 3. The molecule has 0 heterocycles. The molecule has 0 aliphatic carbocycles. The molecule has 0 amide bonds. The summed E-state index contributed by atoms with van der Waals surface area (Å²) < 4.78 is 0. The van der Waals surface area contributed by atoms with Crippen LogP contribution in [0.25, 0.3) is 0 Å². The van der Waals surface area contributed by atoms with Crippen molar-refractivity contribution in [1.29, 1.82) is 0 Å². The van der Waals surface area contributed by atoms with Gasteiger partial charge in [0.05, 0.1) is 6.21 Å². The van der Waals surface area contributed by atoms with Gasteiger partial charge in [-0.15, -0.1) is 0 Å². The quantitative estimate of drug-likeness (QED) is 0.336. The molecule has 4 heteroatoms. The molecule has 2 N–H and O–H groups in total. The van der Waals surface area contributed by atoms with Crippen molar-refractivity contribution in [3.8, 4) is 0 Å². The lowest BCUT2D eigenvalue weighted by Gasteiger charge is -2.03. The van der Waals surface area contributed by atoms with Crippen LogP contribution in [0.2, 0.25) is 0 Å². The summed E-state index contributed by atoms with van der Waals surface area (Å²) in [4.78, 5) is 0. The van der Waals surface area contributed by atoms with Gasteiger partial charge in [-0.05, 0) is 18.4 Å². The molecule has 0 radical (unpaired) electrons. The number of rotatable bonds is 7. The molecule has 1 rings (SSSR count). The third-order valence-electron chi connectivity index (χ3n) is 2.86. The second kappa shape index (κ2) is 8.28. The minimum Gasteiger partial charge on any atom is -0.411 e. The summed E-state index contributed by atoms with van der Waals surface area (Å²) in [6.07, 6.45) is 7.17. The number of aryl methyl sites for hydroxylation is 1. The molecule has 0 bridgehead atoms. The lowest BCUT2D eigenvalue weighted by molar-refractivity contribution is 0.316. The van der Waals surface area contributed by atoms with Gasteiger partial charge in [-0.3, -0.25) is 0 Å². The van der Waals surface area contributed by atoms with Gasteiger partial charge in [0.1, 0.15) is 5.71 Å². The van der Waals surface area contributed by atoms with Crippen molar-refractivity contribution in [3.63, 3.8) is 0 Å². The van der Waals surface area contributed by atoms with Crippen molar-refractivity contribution in [2.24, 2.45) is 10.3 Å². The Hall–Kier alpha value is -1.84. The fourth-order valence-electron chi connectivity index (χ4n) is 1.81. The Morgan fingerprint density at radius 3 is 2.39 bits per heavy atom. The van der Waals surface area contributed by atoms with Gasteiger partial charge in [0.25, 0.3) is 0 Å². The minimum atomic E-state index is 0.245. The van der Waals surface area contributed by atoms with Crippen molar-refractivity contribution in [2.45, 2.75) is 39.0 Å². The largest absolute Gasteiger partial charge is 0.411 e. The van der Waals surface area contributed by atoms with Gasteiger partial charge in [0.2, 0.25) is 0 Å². The van der Waals surface area contributed by atoms with Crippen LogP contribution in [0.3, 0.4) is 0 Å². The second-order valence-corrected chi connectivity index (χ2v) is 4.24. The van der Waals surface area contributed by atoms with Crippen LogP contribution in [-0.4, -0.2) is 22.3 Å². The predicted molar refractivity (Wildman–Crippen MR) is 72.9 cm³/mol. The van der Waals surface area contributed by atoms with E-state index in [0.29, 0.717) is 0 Å². The van der Waals surface area contributed by atoms with E-state index in [1.807, 2.05) is 24.3 Å². The van der Waals surface area contributed by atoms with Crippen LogP contribution >= 0.6 is 0 Å². The van der Waals surface area contributed by atoms with E-state index in [-0.39, 0.29) is 5.71 Å². The Morgan fingerprint density at radius 2 is 1.83 bits per heavy atom. The molecule has 0 atom stereocenters. The summed E-state index contributed by atoms with van der Waals surface area (Å²) in [7, 11) is 0. The first-order chi connectivity index (χ1) is 8.81. The van der Waals surface area contributed by atoms with E-state index in [1.54, 1.807) is 0 Å². The Balaban J connectivity index is 2.57. The number of nitrogens with zero attached hydrogens (tertiary/aromatic N) is 2. The molecule has 0 unspecified atom stereocenters. The van der Waals surface area contributed by atoms with E-state index < -0.39 is 0 Å². The van der Waals surface area contributed by atoms with E-state index in [4.69, 9.17) is 10.4 Å². The number of hydrogen-bond acceptors (Lipinski definition) is 4. The highest BCUT2D eigenvalue weighted by molar-refractivity contribution is 6.37. The van der Waals surface area contributed by atoms with Crippen molar-refractivity contribution in [3.05, 3.63) is 35.4 Å². The minimum absolute atomic E-state index is 0.245. The maximum Gasteiger partial charge on any atom is 0.131 e. The van der Waals surface area contributed by atoms with Gasteiger partial charge in [-0.1, -0.05) is 60.8 Å². The maximum atomic E-state index is 8.77. The smallest absolute Gasteiger partial charge is 0.131 e. The first-order valence-electron chi connectivity index (χ1n) is 6.30. The average molecular weight is 248 g/mol. The molecule has 0 fully saturated rings. The molecule has 0 saturated carbocycles. The molecule has 1 aromatic rings. The monoisotopic (exact) mass is 248 g/mol. The van der Waals surface area contributed by atoms with Crippen molar-refractivity contribution >= 4 is 11.9 Å². The molecule has 1 aromatic carbocycles. The van der Waals surface area contributed by atoms with Crippen LogP contribution in [-0.2, 0) is 6.42 Å². The zero-order valence-corrected chi connectivity index (χ0v) is 10.7. The fraction of sp³-hybridized carbons (Fsp3) is 0.429. The molecule has 0 aliphatic heterocycles. The van der Waals surface area contributed by atoms with Gasteiger partial charge < -0.3 is 10.4 Å². The van der Waals surface area contributed by atoms with E-state index in [2.05, 4.69) is 17.2 Å². The zero-order valence-electron chi connectivity index (χ0n) is 10.7. The summed E-state index contributed by atoms with van der Waals surface area (Å²) in [5.74, 6) is 0. The fourth-order valence-corrected chi connectivity index (χ4v) is 1.81. The summed E-state index contributed by atoms with van der Waals surface area (Å²) >= 11 is 0. The Morgan fingerprint density at radius 1 is 1.11 bits per heavy atom. The zero-order chi connectivity index (χ0) is 13.2. The van der Waals surface area contributed by atoms with Crippen molar-refractivity contribution in [1.82, 2.24) is 0 Å². The highest BCUT2D eigenvalue weighted by Crippen LogP contribution is 2.10. The van der Waals surface area contributed by atoms with E-state index in [9.17, 15) is 0 Å². The van der Waals surface area contributed by atoms with Gasteiger partial charge in [0, 0.05) is 5.56 Å². The van der Waals surface area contributed by atoms with Gasteiger partial charge >= 0.3 is 0 Å². The third kappa shape index (κ3) is 4.57.